The summed E-state index contributed by atoms with van der Waals surface area (Å²) in [6.07, 6.45) is 1.74. The van der Waals surface area contributed by atoms with Gasteiger partial charge in [0.25, 0.3) is 11.6 Å². The molecule has 20 heavy (non-hydrogen) atoms. The lowest BCUT2D eigenvalue weighted by Crippen LogP contribution is -1.95. The Labute approximate surface area is 112 Å². The number of nitrogens with one attached hydrogen (secondary N) is 1. The summed E-state index contributed by atoms with van der Waals surface area (Å²) in [7, 11) is 0. The topological polar surface area (TPSA) is 124 Å². The van der Waals surface area contributed by atoms with Crippen LogP contribution < -0.4 is 5.73 Å². The molecule has 2 aromatic heterocycles. The summed E-state index contributed by atoms with van der Waals surface area (Å²) in [5, 5.41) is 14.7. The first-order valence-corrected chi connectivity index (χ1v) is 5.67. The SMILES string of the molecule is Nc1ccc(-c2nc(-c3ccc[nH]3)no2)cc1[N+](=O)[O-]. The van der Waals surface area contributed by atoms with E-state index in [-0.39, 0.29) is 17.3 Å². The molecule has 0 unspecified atom stereocenters. The predicted molar refractivity (Wildman–Crippen MR) is 70.6 cm³/mol. The molecule has 8 nitrogen and oxygen atoms in total. The number of nitro groups is 1. The molecule has 2 heterocycles. The van der Waals surface area contributed by atoms with Crippen molar-refractivity contribution in [1.82, 2.24) is 15.1 Å². The Bertz CT molecular complexity index is 763. The Morgan fingerprint density at radius 3 is 2.90 bits per heavy atom. The van der Waals surface area contributed by atoms with Crippen LogP contribution in [-0.4, -0.2) is 20.0 Å². The second-order valence-corrected chi connectivity index (χ2v) is 4.04. The molecule has 0 spiro atoms. The Hall–Kier alpha value is -3.16. The van der Waals surface area contributed by atoms with E-state index in [4.69, 9.17) is 10.3 Å². The number of nitro benzene ring substituents is 1. The van der Waals surface area contributed by atoms with Gasteiger partial charge in [-0.25, -0.2) is 0 Å². The van der Waals surface area contributed by atoms with Gasteiger partial charge in [0.1, 0.15) is 5.69 Å². The van der Waals surface area contributed by atoms with E-state index < -0.39 is 4.92 Å². The molecular weight excluding hydrogens is 262 g/mol. The molecule has 0 bridgehead atoms. The summed E-state index contributed by atoms with van der Waals surface area (Å²) in [4.78, 5) is 17.4. The van der Waals surface area contributed by atoms with Crippen LogP contribution in [0.25, 0.3) is 23.0 Å². The smallest absolute Gasteiger partial charge is 0.292 e. The van der Waals surface area contributed by atoms with Crippen molar-refractivity contribution >= 4 is 11.4 Å². The molecule has 0 aliphatic carbocycles. The van der Waals surface area contributed by atoms with Crippen LogP contribution in [0.2, 0.25) is 0 Å². The minimum Gasteiger partial charge on any atom is -0.393 e. The zero-order chi connectivity index (χ0) is 14.1. The Morgan fingerprint density at radius 1 is 1.35 bits per heavy atom. The number of nitrogen functional groups attached to an aromatic ring is 1. The number of benzene rings is 1. The molecule has 0 fully saturated rings. The maximum atomic E-state index is 10.9. The van der Waals surface area contributed by atoms with Crippen molar-refractivity contribution in [2.45, 2.75) is 0 Å². The predicted octanol–water partition coefficient (Wildman–Crippen LogP) is 2.22. The average Bonchev–Trinajstić information content (AvgIpc) is 3.09. The highest BCUT2D eigenvalue weighted by Crippen LogP contribution is 2.28. The fourth-order valence-corrected chi connectivity index (χ4v) is 1.75. The van der Waals surface area contributed by atoms with E-state index in [9.17, 15) is 10.1 Å². The summed E-state index contributed by atoms with van der Waals surface area (Å²) in [5.41, 5.74) is 6.57. The van der Waals surface area contributed by atoms with Gasteiger partial charge in [-0.15, -0.1) is 0 Å². The van der Waals surface area contributed by atoms with Crippen molar-refractivity contribution in [3.63, 3.8) is 0 Å². The van der Waals surface area contributed by atoms with Gasteiger partial charge in [-0.1, -0.05) is 5.16 Å². The number of aromatic nitrogens is 3. The van der Waals surface area contributed by atoms with Gasteiger partial charge in [0, 0.05) is 17.8 Å². The molecule has 0 aliphatic rings. The number of nitrogens with zero attached hydrogens (tertiary/aromatic N) is 3. The van der Waals surface area contributed by atoms with Crippen molar-refractivity contribution in [3.8, 4) is 23.0 Å². The largest absolute Gasteiger partial charge is 0.393 e. The zero-order valence-corrected chi connectivity index (χ0v) is 10.1. The second kappa shape index (κ2) is 4.50. The highest BCUT2D eigenvalue weighted by atomic mass is 16.6. The van der Waals surface area contributed by atoms with Gasteiger partial charge in [0.15, 0.2) is 0 Å². The molecular formula is C12H9N5O3. The first kappa shape index (κ1) is 11.9. The molecule has 0 saturated carbocycles. The van der Waals surface area contributed by atoms with Crippen molar-refractivity contribution in [1.29, 1.82) is 0 Å². The van der Waals surface area contributed by atoms with Crippen LogP contribution in [0.4, 0.5) is 11.4 Å². The number of rotatable bonds is 3. The van der Waals surface area contributed by atoms with Gasteiger partial charge in [0.05, 0.1) is 10.6 Å². The van der Waals surface area contributed by atoms with Crippen molar-refractivity contribution < 1.29 is 9.45 Å². The molecule has 0 saturated heterocycles. The van der Waals surface area contributed by atoms with Crippen LogP contribution in [-0.2, 0) is 0 Å². The normalized spacial score (nSPS) is 10.6. The highest BCUT2D eigenvalue weighted by Gasteiger charge is 2.17. The van der Waals surface area contributed by atoms with E-state index in [0.717, 1.165) is 0 Å². The van der Waals surface area contributed by atoms with Gasteiger partial charge < -0.3 is 15.2 Å². The van der Waals surface area contributed by atoms with Crippen LogP contribution in [0.15, 0.2) is 41.1 Å². The van der Waals surface area contributed by atoms with Gasteiger partial charge in [-0.05, 0) is 24.3 Å². The number of nitrogens with two attached hydrogens (primary N) is 1. The fraction of sp³-hybridized carbons (Fsp3) is 0. The van der Waals surface area contributed by atoms with Gasteiger partial charge in [-0.2, -0.15) is 4.98 Å². The lowest BCUT2D eigenvalue weighted by molar-refractivity contribution is -0.383. The van der Waals surface area contributed by atoms with E-state index in [2.05, 4.69) is 15.1 Å². The maximum Gasteiger partial charge on any atom is 0.292 e. The van der Waals surface area contributed by atoms with Crippen molar-refractivity contribution in [3.05, 3.63) is 46.6 Å². The third-order valence-electron chi connectivity index (χ3n) is 2.74. The summed E-state index contributed by atoms with van der Waals surface area (Å²) in [6, 6.07) is 7.93. The van der Waals surface area contributed by atoms with E-state index in [0.29, 0.717) is 17.1 Å². The Kier molecular flexibility index (Phi) is 2.68. The molecule has 0 radical (unpaired) electrons. The second-order valence-electron chi connectivity index (χ2n) is 4.04. The minimum atomic E-state index is -0.554. The molecule has 3 aromatic rings. The first-order chi connectivity index (χ1) is 9.65. The van der Waals surface area contributed by atoms with Crippen LogP contribution >= 0.6 is 0 Å². The quantitative estimate of drug-likeness (QED) is 0.427. The number of hydrogen-bond acceptors (Lipinski definition) is 6. The van der Waals surface area contributed by atoms with E-state index in [1.807, 2.05) is 0 Å². The summed E-state index contributed by atoms with van der Waals surface area (Å²) in [6.45, 7) is 0. The van der Waals surface area contributed by atoms with Crippen molar-refractivity contribution in [2.24, 2.45) is 0 Å². The summed E-state index contributed by atoms with van der Waals surface area (Å²) in [5.74, 6) is 0.571. The standard InChI is InChI=1S/C12H9N5O3/c13-8-4-3-7(6-10(8)17(18)19)12-15-11(16-20-12)9-2-1-5-14-9/h1-6,14H,13H2. The van der Waals surface area contributed by atoms with Crippen molar-refractivity contribution in [2.75, 3.05) is 5.73 Å². The zero-order valence-electron chi connectivity index (χ0n) is 10.1. The molecule has 3 N–H and O–H groups in total. The third-order valence-corrected chi connectivity index (χ3v) is 2.74. The molecule has 0 aliphatic heterocycles. The number of aromatic amines is 1. The minimum absolute atomic E-state index is 0.0860. The fourth-order valence-electron chi connectivity index (χ4n) is 1.75. The van der Waals surface area contributed by atoms with E-state index in [1.54, 1.807) is 24.4 Å². The van der Waals surface area contributed by atoms with Crippen LogP contribution in [0.1, 0.15) is 0 Å². The number of H-pyrrole nitrogens is 1. The lowest BCUT2D eigenvalue weighted by Gasteiger charge is -1.98. The summed E-state index contributed by atoms with van der Waals surface area (Å²) >= 11 is 0. The molecule has 8 heteroatoms. The Balaban J connectivity index is 2.02. The monoisotopic (exact) mass is 271 g/mol. The maximum absolute atomic E-state index is 10.9. The first-order valence-electron chi connectivity index (χ1n) is 5.67. The molecule has 1 aromatic carbocycles. The molecule has 100 valence electrons. The molecule has 0 amide bonds. The van der Waals surface area contributed by atoms with E-state index >= 15 is 0 Å². The number of hydrogen-bond donors (Lipinski definition) is 2. The molecule has 3 rings (SSSR count). The average molecular weight is 271 g/mol. The molecule has 0 atom stereocenters. The van der Waals surface area contributed by atoms with Gasteiger partial charge in [-0.3, -0.25) is 10.1 Å². The van der Waals surface area contributed by atoms with Crippen LogP contribution in [0, 0.1) is 10.1 Å². The lowest BCUT2D eigenvalue weighted by atomic mass is 10.2. The van der Waals surface area contributed by atoms with Gasteiger partial charge >= 0.3 is 0 Å². The van der Waals surface area contributed by atoms with Crippen LogP contribution in [0.5, 0.6) is 0 Å². The van der Waals surface area contributed by atoms with E-state index in [1.165, 1.54) is 12.1 Å². The van der Waals surface area contributed by atoms with Gasteiger partial charge in [0.2, 0.25) is 5.82 Å². The summed E-state index contributed by atoms with van der Waals surface area (Å²) < 4.78 is 5.10. The third kappa shape index (κ3) is 1.99. The van der Waals surface area contributed by atoms with Crippen LogP contribution in [0.3, 0.4) is 0 Å². The Morgan fingerprint density at radius 2 is 2.20 bits per heavy atom. The highest BCUT2D eigenvalue weighted by molar-refractivity contribution is 5.68. The number of anilines is 1.